The number of hydrogen-bond acceptors (Lipinski definition) is 5. The number of sulfonamides is 1. The van der Waals surface area contributed by atoms with Gasteiger partial charge in [0.2, 0.25) is 10.0 Å². The Hall–Kier alpha value is -0.960. The molecular formula is C9H13NO5S2. The summed E-state index contributed by atoms with van der Waals surface area (Å²) in [5.74, 6) is -1.16. The van der Waals surface area contributed by atoms with Gasteiger partial charge < -0.3 is 10.2 Å². The van der Waals surface area contributed by atoms with Crippen LogP contribution in [0.15, 0.2) is 11.0 Å². The van der Waals surface area contributed by atoms with Crippen molar-refractivity contribution in [2.24, 2.45) is 0 Å². The largest absolute Gasteiger partial charge is 0.477 e. The van der Waals surface area contributed by atoms with E-state index in [0.717, 1.165) is 17.4 Å². The van der Waals surface area contributed by atoms with Crippen molar-refractivity contribution in [3.8, 4) is 0 Å². The van der Waals surface area contributed by atoms with Crippen molar-refractivity contribution in [1.29, 1.82) is 0 Å². The molecule has 3 N–H and O–H groups in total. The van der Waals surface area contributed by atoms with Crippen LogP contribution in [0.1, 0.15) is 21.5 Å². The Morgan fingerprint density at radius 2 is 2.18 bits per heavy atom. The molecule has 0 aromatic carbocycles. The quantitative estimate of drug-likeness (QED) is 0.724. The minimum absolute atomic E-state index is 0.0279. The number of carboxylic acid groups (broad SMARTS) is 1. The van der Waals surface area contributed by atoms with Crippen LogP contribution in [0.3, 0.4) is 0 Å². The van der Waals surface area contributed by atoms with Crippen molar-refractivity contribution < 1.29 is 23.4 Å². The van der Waals surface area contributed by atoms with Gasteiger partial charge in [-0.05, 0) is 19.9 Å². The first-order chi connectivity index (χ1) is 7.74. The lowest BCUT2D eigenvalue weighted by molar-refractivity contribution is 0.0702. The maximum absolute atomic E-state index is 11.8. The fourth-order valence-corrected chi connectivity index (χ4v) is 3.70. The average molecular weight is 279 g/mol. The molecule has 1 heterocycles. The van der Waals surface area contributed by atoms with Gasteiger partial charge in [-0.2, -0.15) is 0 Å². The number of aliphatic hydroxyl groups is 1. The molecule has 0 unspecified atom stereocenters. The Morgan fingerprint density at radius 3 is 2.59 bits per heavy atom. The number of aryl methyl sites for hydroxylation is 1. The van der Waals surface area contributed by atoms with Gasteiger partial charge in [0.1, 0.15) is 4.88 Å². The van der Waals surface area contributed by atoms with Gasteiger partial charge in [-0.3, -0.25) is 0 Å². The van der Waals surface area contributed by atoms with Crippen LogP contribution in [0.5, 0.6) is 0 Å². The summed E-state index contributed by atoms with van der Waals surface area (Å²) in [7, 11) is -3.76. The van der Waals surface area contributed by atoms with E-state index in [0.29, 0.717) is 4.88 Å². The van der Waals surface area contributed by atoms with E-state index in [1.165, 1.54) is 13.8 Å². The molecule has 0 aliphatic carbocycles. The summed E-state index contributed by atoms with van der Waals surface area (Å²) >= 11 is 0.902. The maximum atomic E-state index is 11.8. The zero-order valence-electron chi connectivity index (χ0n) is 9.30. The fourth-order valence-electron chi connectivity index (χ4n) is 1.15. The van der Waals surface area contributed by atoms with Gasteiger partial charge in [-0.1, -0.05) is 0 Å². The van der Waals surface area contributed by atoms with E-state index in [1.54, 1.807) is 0 Å². The number of aliphatic hydroxyl groups excluding tert-OH is 1. The second kappa shape index (κ2) is 5.13. The van der Waals surface area contributed by atoms with Crippen LogP contribution in [0.25, 0.3) is 0 Å². The monoisotopic (exact) mass is 279 g/mol. The van der Waals surface area contributed by atoms with E-state index >= 15 is 0 Å². The van der Waals surface area contributed by atoms with Crippen molar-refractivity contribution in [1.82, 2.24) is 4.72 Å². The molecule has 0 fully saturated rings. The Bertz CT molecular complexity index is 517. The number of carbonyl (C=O) groups is 1. The van der Waals surface area contributed by atoms with Crippen LogP contribution in [-0.4, -0.2) is 37.2 Å². The number of rotatable bonds is 5. The smallest absolute Gasteiger partial charge is 0.345 e. The summed E-state index contributed by atoms with van der Waals surface area (Å²) in [6.07, 6.45) is -0.803. The summed E-state index contributed by atoms with van der Waals surface area (Å²) in [6, 6.07) is 1.12. The number of nitrogens with one attached hydrogen (secondary N) is 1. The zero-order valence-corrected chi connectivity index (χ0v) is 10.9. The molecule has 8 heteroatoms. The van der Waals surface area contributed by atoms with Gasteiger partial charge in [-0.25, -0.2) is 17.9 Å². The Kier molecular flexibility index (Phi) is 4.26. The van der Waals surface area contributed by atoms with E-state index in [4.69, 9.17) is 10.2 Å². The highest BCUT2D eigenvalue weighted by atomic mass is 32.2. The molecule has 0 radical (unpaired) electrons. The minimum atomic E-state index is -3.76. The van der Waals surface area contributed by atoms with Gasteiger partial charge in [0.05, 0.1) is 11.0 Å². The molecule has 1 aromatic rings. The Morgan fingerprint density at radius 1 is 1.59 bits per heavy atom. The van der Waals surface area contributed by atoms with Gasteiger partial charge >= 0.3 is 5.97 Å². The average Bonchev–Trinajstić information content (AvgIpc) is 2.58. The molecule has 0 spiro atoms. The predicted molar refractivity (Wildman–Crippen MR) is 62.9 cm³/mol. The molecular weight excluding hydrogens is 266 g/mol. The van der Waals surface area contributed by atoms with E-state index < -0.39 is 22.1 Å². The van der Waals surface area contributed by atoms with Gasteiger partial charge in [-0.15, -0.1) is 11.3 Å². The van der Waals surface area contributed by atoms with E-state index in [9.17, 15) is 13.2 Å². The topological polar surface area (TPSA) is 104 Å². The standard InChI is InChI=1S/C9H13NO5S2/c1-5(11)4-10-17(14,15)8-3-7(9(12)13)16-6(8)2/h3,5,10-11H,4H2,1-2H3,(H,12,13)/t5-/m0/s1. The molecule has 1 atom stereocenters. The van der Waals surface area contributed by atoms with Crippen LogP contribution < -0.4 is 4.72 Å². The molecule has 1 aromatic heterocycles. The number of hydrogen-bond donors (Lipinski definition) is 3. The summed E-state index contributed by atoms with van der Waals surface area (Å²) in [6.45, 7) is 2.87. The normalized spacial score (nSPS) is 13.6. The van der Waals surface area contributed by atoms with E-state index in [-0.39, 0.29) is 16.3 Å². The van der Waals surface area contributed by atoms with Crippen LogP contribution in [-0.2, 0) is 10.0 Å². The van der Waals surface area contributed by atoms with E-state index in [1.807, 2.05) is 0 Å². The lowest BCUT2D eigenvalue weighted by Gasteiger charge is -2.07. The molecule has 96 valence electrons. The lowest BCUT2D eigenvalue weighted by atomic mass is 10.4. The first-order valence-electron chi connectivity index (χ1n) is 4.75. The molecule has 1 rings (SSSR count). The lowest BCUT2D eigenvalue weighted by Crippen LogP contribution is -2.30. The Balaban J connectivity index is 3.03. The van der Waals surface area contributed by atoms with Crippen LogP contribution in [0.4, 0.5) is 0 Å². The van der Waals surface area contributed by atoms with Crippen molar-refractivity contribution >= 4 is 27.3 Å². The fraction of sp³-hybridized carbons (Fsp3) is 0.444. The SMILES string of the molecule is Cc1sc(C(=O)O)cc1S(=O)(=O)NC[C@H](C)O. The van der Waals surface area contributed by atoms with Crippen LogP contribution in [0, 0.1) is 6.92 Å². The molecule has 0 saturated carbocycles. The number of thiophene rings is 1. The van der Waals surface area contributed by atoms with Crippen LogP contribution >= 0.6 is 11.3 Å². The molecule has 0 saturated heterocycles. The molecule has 0 aliphatic heterocycles. The van der Waals surface area contributed by atoms with Crippen molar-refractivity contribution in [2.45, 2.75) is 24.8 Å². The third-order valence-electron chi connectivity index (χ3n) is 1.94. The molecule has 0 aliphatic rings. The maximum Gasteiger partial charge on any atom is 0.345 e. The number of aromatic carboxylic acids is 1. The third kappa shape index (κ3) is 3.50. The molecule has 17 heavy (non-hydrogen) atoms. The van der Waals surface area contributed by atoms with Crippen LogP contribution in [0.2, 0.25) is 0 Å². The Labute approximate surface area is 103 Å². The number of carboxylic acids is 1. The molecule has 6 nitrogen and oxygen atoms in total. The van der Waals surface area contributed by atoms with Gasteiger partial charge in [0.15, 0.2) is 0 Å². The van der Waals surface area contributed by atoms with Crippen molar-refractivity contribution in [3.63, 3.8) is 0 Å². The molecule has 0 bridgehead atoms. The second-order valence-electron chi connectivity index (χ2n) is 3.54. The highest BCUT2D eigenvalue weighted by molar-refractivity contribution is 7.89. The summed E-state index contributed by atoms with van der Waals surface area (Å²) < 4.78 is 25.8. The van der Waals surface area contributed by atoms with E-state index in [2.05, 4.69) is 4.72 Å². The minimum Gasteiger partial charge on any atom is -0.477 e. The van der Waals surface area contributed by atoms with Crippen molar-refractivity contribution in [2.75, 3.05) is 6.54 Å². The third-order valence-corrected chi connectivity index (χ3v) is 4.66. The highest BCUT2D eigenvalue weighted by Gasteiger charge is 2.22. The summed E-state index contributed by atoms with van der Waals surface area (Å²) in [5.41, 5.74) is 0. The van der Waals surface area contributed by atoms with Gasteiger partial charge in [0, 0.05) is 11.4 Å². The predicted octanol–water partition coefficient (Wildman–Crippen LogP) is 0.414. The zero-order chi connectivity index (χ0) is 13.2. The van der Waals surface area contributed by atoms with Gasteiger partial charge in [0.25, 0.3) is 0 Å². The molecule has 0 amide bonds. The highest BCUT2D eigenvalue weighted by Crippen LogP contribution is 2.25. The summed E-state index contributed by atoms with van der Waals surface area (Å²) in [5, 5.41) is 17.8. The first kappa shape index (κ1) is 14.1. The first-order valence-corrected chi connectivity index (χ1v) is 7.05. The second-order valence-corrected chi connectivity index (χ2v) is 6.53. The summed E-state index contributed by atoms with van der Waals surface area (Å²) in [4.78, 5) is 11.0. The van der Waals surface area contributed by atoms with Crippen molar-refractivity contribution in [3.05, 3.63) is 15.8 Å².